The molecule has 0 aliphatic carbocycles. The van der Waals surface area contributed by atoms with Crippen LogP contribution in [0.5, 0.6) is 0 Å². The Morgan fingerprint density at radius 2 is 1.53 bits per heavy atom. The molecule has 17 heavy (non-hydrogen) atoms. The molecule has 0 aromatic carbocycles. The predicted octanol–water partition coefficient (Wildman–Crippen LogP) is 0.306. The van der Waals surface area contributed by atoms with E-state index in [0.717, 1.165) is 5.69 Å². The van der Waals surface area contributed by atoms with Gasteiger partial charge in [-0.1, -0.05) is 0 Å². The molecule has 6 heteroatoms. The number of hydrogen-bond donors (Lipinski definition) is 0. The highest BCUT2D eigenvalue weighted by atomic mass is 16.7. The normalized spacial score (nSPS) is 22.6. The van der Waals surface area contributed by atoms with Gasteiger partial charge < -0.3 is 18.9 Å². The number of hydrogen-bond acceptors (Lipinski definition) is 6. The molecule has 92 valence electrons. The van der Waals surface area contributed by atoms with E-state index >= 15 is 0 Å². The van der Waals surface area contributed by atoms with Gasteiger partial charge >= 0.3 is 0 Å². The van der Waals surface area contributed by atoms with Gasteiger partial charge in [-0.15, -0.1) is 0 Å². The van der Waals surface area contributed by atoms with E-state index in [4.69, 9.17) is 18.9 Å². The maximum Gasteiger partial charge on any atom is 0.171 e. The van der Waals surface area contributed by atoms with E-state index in [-0.39, 0.29) is 18.5 Å². The van der Waals surface area contributed by atoms with Gasteiger partial charge in [-0.2, -0.15) is 0 Å². The van der Waals surface area contributed by atoms with Crippen molar-refractivity contribution in [3.63, 3.8) is 0 Å². The molecule has 2 aliphatic heterocycles. The molecule has 0 atom stereocenters. The van der Waals surface area contributed by atoms with Crippen molar-refractivity contribution < 1.29 is 18.9 Å². The third-order valence-corrected chi connectivity index (χ3v) is 2.81. The fourth-order valence-electron chi connectivity index (χ4n) is 2.06. The molecule has 0 saturated carbocycles. The van der Waals surface area contributed by atoms with Gasteiger partial charge in [0.1, 0.15) is 5.92 Å². The molecule has 2 saturated heterocycles. The first-order chi connectivity index (χ1) is 8.45. The molecule has 3 heterocycles. The number of ether oxygens (including phenoxy) is 4. The highest BCUT2D eigenvalue weighted by Gasteiger charge is 2.39. The minimum absolute atomic E-state index is 0.186. The third kappa shape index (κ3) is 2.30. The lowest BCUT2D eigenvalue weighted by atomic mass is 10.0. The van der Waals surface area contributed by atoms with Crippen LogP contribution >= 0.6 is 0 Å². The zero-order valence-electron chi connectivity index (χ0n) is 9.32. The summed E-state index contributed by atoms with van der Waals surface area (Å²) in [6.45, 7) is 2.37. The Morgan fingerprint density at radius 3 is 2.00 bits per heavy atom. The topological polar surface area (TPSA) is 62.7 Å². The zero-order chi connectivity index (χ0) is 11.5. The van der Waals surface area contributed by atoms with Crippen molar-refractivity contribution >= 4 is 0 Å². The summed E-state index contributed by atoms with van der Waals surface area (Å²) in [5.41, 5.74) is 0.770. The van der Waals surface area contributed by atoms with Crippen molar-refractivity contribution in [3.05, 3.63) is 24.3 Å². The zero-order valence-corrected chi connectivity index (χ0v) is 9.32. The molecule has 2 fully saturated rings. The lowest BCUT2D eigenvalue weighted by Gasteiger charge is -2.25. The van der Waals surface area contributed by atoms with Crippen molar-refractivity contribution in [3.8, 4) is 0 Å². The molecule has 3 rings (SSSR count). The summed E-state index contributed by atoms with van der Waals surface area (Å²) in [5.74, 6) is -0.186. The van der Waals surface area contributed by atoms with Crippen LogP contribution in [0.3, 0.4) is 0 Å². The van der Waals surface area contributed by atoms with Crippen LogP contribution in [0.4, 0.5) is 0 Å². The lowest BCUT2D eigenvalue weighted by Crippen LogP contribution is -2.32. The van der Waals surface area contributed by atoms with Crippen LogP contribution in [0.2, 0.25) is 0 Å². The van der Waals surface area contributed by atoms with Crippen molar-refractivity contribution in [2.75, 3.05) is 26.4 Å². The molecule has 0 bridgehead atoms. The molecule has 6 nitrogen and oxygen atoms in total. The van der Waals surface area contributed by atoms with Gasteiger partial charge in [0, 0.05) is 18.6 Å². The highest BCUT2D eigenvalue weighted by molar-refractivity contribution is 5.07. The summed E-state index contributed by atoms with van der Waals surface area (Å²) in [4.78, 5) is 8.35. The summed E-state index contributed by atoms with van der Waals surface area (Å²) in [5, 5.41) is 0. The Hall–Kier alpha value is -1.08. The maximum absolute atomic E-state index is 5.53. The first-order valence-corrected chi connectivity index (χ1v) is 5.67. The average molecular weight is 238 g/mol. The molecule has 0 N–H and O–H groups in total. The van der Waals surface area contributed by atoms with Crippen LogP contribution in [0.15, 0.2) is 18.6 Å². The van der Waals surface area contributed by atoms with E-state index in [1.54, 1.807) is 18.6 Å². The molecular formula is C11H14N2O4. The van der Waals surface area contributed by atoms with Gasteiger partial charge in [-0.05, 0) is 0 Å². The summed E-state index contributed by atoms with van der Waals surface area (Å²) in [6, 6.07) is 0. The summed E-state index contributed by atoms with van der Waals surface area (Å²) in [6.07, 6.45) is 4.24. The fraction of sp³-hybridized carbons (Fsp3) is 0.636. The van der Waals surface area contributed by atoms with Crippen molar-refractivity contribution in [1.29, 1.82) is 0 Å². The van der Waals surface area contributed by atoms with E-state index in [0.29, 0.717) is 26.4 Å². The lowest BCUT2D eigenvalue weighted by molar-refractivity contribution is -0.146. The predicted molar refractivity (Wildman–Crippen MR) is 56.2 cm³/mol. The second-order valence-corrected chi connectivity index (χ2v) is 3.88. The Labute approximate surface area is 98.9 Å². The molecule has 0 radical (unpaired) electrons. The number of aromatic nitrogens is 2. The van der Waals surface area contributed by atoms with Gasteiger partial charge in [0.05, 0.1) is 32.1 Å². The molecule has 0 amide bonds. The van der Waals surface area contributed by atoms with E-state index in [9.17, 15) is 0 Å². The number of rotatable bonds is 3. The van der Waals surface area contributed by atoms with Crippen LogP contribution in [0.25, 0.3) is 0 Å². The Morgan fingerprint density at radius 1 is 0.941 bits per heavy atom. The fourth-order valence-corrected chi connectivity index (χ4v) is 2.06. The van der Waals surface area contributed by atoms with Gasteiger partial charge in [0.15, 0.2) is 12.6 Å². The first-order valence-electron chi connectivity index (χ1n) is 5.67. The molecule has 0 spiro atoms. The van der Waals surface area contributed by atoms with Gasteiger partial charge in [-0.25, -0.2) is 0 Å². The standard InChI is InChI=1S/C11H14N2O4/c1-2-13-8(7-12-1)9(10-14-3-4-15-10)11-16-5-6-17-11/h1-2,7,9-11H,3-6H2. The monoisotopic (exact) mass is 238 g/mol. The van der Waals surface area contributed by atoms with Crippen LogP contribution in [0, 0.1) is 0 Å². The van der Waals surface area contributed by atoms with Crippen molar-refractivity contribution in [2.45, 2.75) is 18.5 Å². The summed E-state index contributed by atoms with van der Waals surface area (Å²) in [7, 11) is 0. The van der Waals surface area contributed by atoms with Crippen LogP contribution in [0.1, 0.15) is 11.6 Å². The molecular weight excluding hydrogens is 224 g/mol. The molecule has 1 aromatic rings. The van der Waals surface area contributed by atoms with Gasteiger partial charge in [0.25, 0.3) is 0 Å². The minimum Gasteiger partial charge on any atom is -0.349 e. The summed E-state index contributed by atoms with van der Waals surface area (Å²) < 4.78 is 22.1. The van der Waals surface area contributed by atoms with Crippen molar-refractivity contribution in [1.82, 2.24) is 9.97 Å². The smallest absolute Gasteiger partial charge is 0.171 e. The van der Waals surface area contributed by atoms with E-state index in [1.807, 2.05) is 0 Å². The largest absolute Gasteiger partial charge is 0.349 e. The van der Waals surface area contributed by atoms with Gasteiger partial charge in [-0.3, -0.25) is 9.97 Å². The van der Waals surface area contributed by atoms with E-state index in [1.165, 1.54) is 0 Å². The maximum atomic E-state index is 5.53. The van der Waals surface area contributed by atoms with Crippen LogP contribution in [-0.4, -0.2) is 49.0 Å². The second kappa shape index (κ2) is 5.05. The molecule has 2 aliphatic rings. The second-order valence-electron chi connectivity index (χ2n) is 3.88. The van der Waals surface area contributed by atoms with E-state index in [2.05, 4.69) is 9.97 Å². The van der Waals surface area contributed by atoms with Crippen LogP contribution in [-0.2, 0) is 18.9 Å². The van der Waals surface area contributed by atoms with Crippen molar-refractivity contribution in [2.24, 2.45) is 0 Å². The minimum atomic E-state index is -0.366. The van der Waals surface area contributed by atoms with Gasteiger partial charge in [0.2, 0.25) is 0 Å². The molecule has 0 unspecified atom stereocenters. The SMILES string of the molecule is c1cnc(C(C2OCCO2)C2OCCO2)cn1. The Kier molecular flexibility index (Phi) is 3.28. The van der Waals surface area contributed by atoms with Crippen LogP contribution < -0.4 is 0 Å². The Bertz CT molecular complexity index is 334. The van der Waals surface area contributed by atoms with E-state index < -0.39 is 0 Å². The summed E-state index contributed by atoms with van der Waals surface area (Å²) >= 11 is 0. The quantitative estimate of drug-likeness (QED) is 0.755. The number of nitrogens with zero attached hydrogens (tertiary/aromatic N) is 2. The molecule has 1 aromatic heterocycles. The average Bonchev–Trinajstić information content (AvgIpc) is 3.04. The Balaban J connectivity index is 1.84. The first kappa shape index (κ1) is 11.0. The third-order valence-electron chi connectivity index (χ3n) is 2.81. The highest BCUT2D eigenvalue weighted by Crippen LogP contribution is 2.31.